The van der Waals surface area contributed by atoms with Crippen LogP contribution in [0.25, 0.3) is 16.3 Å². The van der Waals surface area contributed by atoms with Gasteiger partial charge in [0.15, 0.2) is 5.13 Å². The minimum Gasteiger partial charge on any atom is -0.309 e. The Hall–Kier alpha value is -1.73. The monoisotopic (exact) mass is 435 g/mol. The number of nitrogens with zero attached hydrogens (tertiary/aromatic N) is 3. The van der Waals surface area contributed by atoms with Crippen LogP contribution in [-0.4, -0.2) is 43.0 Å². The highest BCUT2D eigenvalue weighted by atomic mass is 35.5. The molecule has 0 saturated carbocycles. The van der Waals surface area contributed by atoms with E-state index in [2.05, 4.69) is 30.0 Å². The molecule has 3 aromatic rings. The number of hydrogen-bond donors (Lipinski definition) is 0. The second kappa shape index (κ2) is 10.7. The highest BCUT2D eigenvalue weighted by Crippen LogP contribution is 2.30. The largest absolute Gasteiger partial charge is 0.309 e. The van der Waals surface area contributed by atoms with Crippen molar-refractivity contribution >= 4 is 62.4 Å². The molecule has 2 aromatic heterocycles. The van der Waals surface area contributed by atoms with Crippen LogP contribution >= 0.6 is 35.1 Å². The van der Waals surface area contributed by atoms with Crippen LogP contribution in [0.1, 0.15) is 23.8 Å². The van der Waals surface area contributed by atoms with Gasteiger partial charge in [-0.3, -0.25) is 9.69 Å². The van der Waals surface area contributed by atoms with E-state index in [0.29, 0.717) is 6.54 Å². The molecule has 0 fully saturated rings. The maximum Gasteiger partial charge on any atom is 0.252 e. The molecule has 4 nitrogen and oxygen atoms in total. The number of halogens is 1. The Balaban J connectivity index is 0.00000280. The van der Waals surface area contributed by atoms with Crippen LogP contribution in [0.15, 0.2) is 41.8 Å². The molecule has 3 rings (SSSR count). The van der Waals surface area contributed by atoms with Gasteiger partial charge in [-0.05, 0) is 68.7 Å². The Kier molecular flexibility index (Phi) is 8.63. The number of aryl methyl sites for hydroxylation is 1. The normalized spacial score (nSPS) is 11.3. The fourth-order valence-electron chi connectivity index (χ4n) is 2.77. The quantitative estimate of drug-likeness (QED) is 0.448. The predicted molar refractivity (Wildman–Crippen MR) is 125 cm³/mol. The molecule has 1 amide bonds. The molecule has 0 bridgehead atoms. The molecule has 0 N–H and O–H groups in total. The van der Waals surface area contributed by atoms with E-state index in [9.17, 15) is 4.79 Å². The highest BCUT2D eigenvalue weighted by molar-refractivity contribution is 7.22. The molecule has 0 aliphatic heterocycles. The van der Waals surface area contributed by atoms with Crippen molar-refractivity contribution in [2.24, 2.45) is 0 Å². The van der Waals surface area contributed by atoms with E-state index in [4.69, 9.17) is 4.98 Å². The van der Waals surface area contributed by atoms with Crippen molar-refractivity contribution in [3.63, 3.8) is 0 Å². The number of fused-ring (bicyclic) bond motifs is 1. The Bertz CT molecular complexity index is 919. The molecule has 0 spiro atoms. The Labute approximate surface area is 180 Å². The standard InChI is InChI=1S/C21H25N3OS2.ClH/c1-4-16-8-10-18-19(15-16)27-21(22-18)24(13-6-12-23(2)3)20(25)11-9-17-7-5-14-26-17;/h5,7-11,14-15H,4,6,12-13H2,1-3H3;1H. The summed E-state index contributed by atoms with van der Waals surface area (Å²) < 4.78 is 1.14. The molecular weight excluding hydrogens is 410 g/mol. The van der Waals surface area contributed by atoms with Crippen LogP contribution < -0.4 is 4.90 Å². The van der Waals surface area contributed by atoms with Crippen molar-refractivity contribution in [3.8, 4) is 0 Å². The lowest BCUT2D eigenvalue weighted by Gasteiger charge is -2.19. The van der Waals surface area contributed by atoms with Gasteiger partial charge in [-0.25, -0.2) is 4.98 Å². The maximum atomic E-state index is 12.9. The minimum atomic E-state index is -0.0167. The number of aromatic nitrogens is 1. The lowest BCUT2D eigenvalue weighted by atomic mass is 10.2. The van der Waals surface area contributed by atoms with Crippen LogP contribution in [0.3, 0.4) is 0 Å². The lowest BCUT2D eigenvalue weighted by Crippen LogP contribution is -2.32. The summed E-state index contributed by atoms with van der Waals surface area (Å²) in [6.45, 7) is 3.74. The van der Waals surface area contributed by atoms with Crippen LogP contribution in [0, 0.1) is 0 Å². The summed E-state index contributed by atoms with van der Waals surface area (Å²) in [5.41, 5.74) is 2.25. The Morgan fingerprint density at radius 3 is 2.71 bits per heavy atom. The van der Waals surface area contributed by atoms with E-state index in [-0.39, 0.29) is 18.3 Å². The summed E-state index contributed by atoms with van der Waals surface area (Å²) in [5.74, 6) is -0.0167. The maximum absolute atomic E-state index is 12.9. The average Bonchev–Trinajstić information content (AvgIpc) is 3.31. The zero-order valence-corrected chi connectivity index (χ0v) is 18.9. The first-order chi connectivity index (χ1) is 13.1. The Morgan fingerprint density at radius 2 is 2.04 bits per heavy atom. The summed E-state index contributed by atoms with van der Waals surface area (Å²) in [7, 11) is 4.10. The lowest BCUT2D eigenvalue weighted by molar-refractivity contribution is -0.114. The number of carbonyl (C=O) groups is 1. The molecule has 0 radical (unpaired) electrons. The molecule has 0 atom stereocenters. The van der Waals surface area contributed by atoms with Gasteiger partial charge in [-0.15, -0.1) is 23.7 Å². The minimum absolute atomic E-state index is 0. The van der Waals surface area contributed by atoms with Gasteiger partial charge in [0.1, 0.15) is 0 Å². The van der Waals surface area contributed by atoms with Gasteiger partial charge in [-0.1, -0.05) is 30.4 Å². The van der Waals surface area contributed by atoms with Gasteiger partial charge >= 0.3 is 0 Å². The topological polar surface area (TPSA) is 36.4 Å². The first kappa shape index (κ1) is 22.6. The first-order valence-corrected chi connectivity index (χ1v) is 10.8. The van der Waals surface area contributed by atoms with E-state index in [0.717, 1.165) is 39.6 Å². The number of thiazole rings is 1. The van der Waals surface area contributed by atoms with Gasteiger partial charge in [0.2, 0.25) is 0 Å². The predicted octanol–water partition coefficient (Wildman–Crippen LogP) is 5.34. The number of benzene rings is 1. The van der Waals surface area contributed by atoms with Crippen molar-refractivity contribution in [2.75, 3.05) is 32.1 Å². The summed E-state index contributed by atoms with van der Waals surface area (Å²) in [6.07, 6.45) is 5.44. The summed E-state index contributed by atoms with van der Waals surface area (Å²) in [4.78, 5) is 22.7. The van der Waals surface area contributed by atoms with Gasteiger partial charge in [0.25, 0.3) is 5.91 Å². The number of amides is 1. The van der Waals surface area contributed by atoms with Crippen molar-refractivity contribution < 1.29 is 4.79 Å². The third-order valence-electron chi connectivity index (χ3n) is 4.27. The van der Waals surface area contributed by atoms with Gasteiger partial charge in [-0.2, -0.15) is 0 Å². The summed E-state index contributed by atoms with van der Waals surface area (Å²) in [5, 5.41) is 2.79. The summed E-state index contributed by atoms with van der Waals surface area (Å²) in [6, 6.07) is 10.3. The van der Waals surface area contributed by atoms with Gasteiger partial charge < -0.3 is 4.90 Å². The molecule has 1 aromatic carbocycles. The highest BCUT2D eigenvalue weighted by Gasteiger charge is 2.18. The van der Waals surface area contributed by atoms with E-state index in [1.54, 1.807) is 28.7 Å². The number of carbonyl (C=O) groups excluding carboxylic acids is 1. The van der Waals surface area contributed by atoms with Gasteiger partial charge in [0.05, 0.1) is 10.2 Å². The van der Waals surface area contributed by atoms with Crippen LogP contribution in [0.2, 0.25) is 0 Å². The van der Waals surface area contributed by atoms with E-state index in [1.165, 1.54) is 5.56 Å². The van der Waals surface area contributed by atoms with E-state index >= 15 is 0 Å². The zero-order valence-electron chi connectivity index (χ0n) is 16.4. The number of anilines is 1. The van der Waals surface area contributed by atoms with Crippen molar-refractivity contribution in [2.45, 2.75) is 19.8 Å². The second-order valence-electron chi connectivity index (χ2n) is 6.65. The molecule has 0 saturated heterocycles. The molecular formula is C21H26ClN3OS2. The van der Waals surface area contributed by atoms with Crippen LogP contribution in [-0.2, 0) is 11.2 Å². The molecule has 0 aliphatic carbocycles. The second-order valence-corrected chi connectivity index (χ2v) is 8.64. The molecule has 28 heavy (non-hydrogen) atoms. The SMILES string of the molecule is CCc1ccc2nc(N(CCCN(C)C)C(=O)C=Cc3cccs3)sc2c1.Cl. The molecule has 7 heteroatoms. The van der Waals surface area contributed by atoms with Crippen molar-refractivity contribution in [1.82, 2.24) is 9.88 Å². The van der Waals surface area contributed by atoms with Gasteiger partial charge in [0, 0.05) is 17.5 Å². The molecule has 0 unspecified atom stereocenters. The number of hydrogen-bond acceptors (Lipinski definition) is 5. The molecule has 0 aliphatic rings. The first-order valence-electron chi connectivity index (χ1n) is 9.14. The fraction of sp³-hybridized carbons (Fsp3) is 0.333. The van der Waals surface area contributed by atoms with Crippen molar-refractivity contribution in [3.05, 3.63) is 52.2 Å². The summed E-state index contributed by atoms with van der Waals surface area (Å²) >= 11 is 3.22. The molecule has 150 valence electrons. The zero-order chi connectivity index (χ0) is 19.2. The fourth-order valence-corrected chi connectivity index (χ4v) is 4.45. The molecule has 2 heterocycles. The third kappa shape index (κ3) is 5.88. The van der Waals surface area contributed by atoms with Crippen LogP contribution in [0.4, 0.5) is 5.13 Å². The number of rotatable bonds is 8. The van der Waals surface area contributed by atoms with Crippen molar-refractivity contribution in [1.29, 1.82) is 0 Å². The van der Waals surface area contributed by atoms with E-state index in [1.807, 2.05) is 42.6 Å². The smallest absolute Gasteiger partial charge is 0.252 e. The third-order valence-corrected chi connectivity index (χ3v) is 6.15. The van der Waals surface area contributed by atoms with E-state index < -0.39 is 0 Å². The van der Waals surface area contributed by atoms with Crippen LogP contribution in [0.5, 0.6) is 0 Å². The Morgan fingerprint density at radius 1 is 1.21 bits per heavy atom. The average molecular weight is 436 g/mol. The number of thiophene rings is 1.